The van der Waals surface area contributed by atoms with Crippen molar-refractivity contribution in [3.63, 3.8) is 0 Å². The lowest BCUT2D eigenvalue weighted by molar-refractivity contribution is -0.140. The van der Waals surface area contributed by atoms with Crippen LogP contribution < -0.4 is 10.9 Å². The minimum Gasteiger partial charge on any atom is -0.481 e. The van der Waals surface area contributed by atoms with Crippen molar-refractivity contribution in [1.82, 2.24) is 10.3 Å². The number of pyridine rings is 1. The first-order chi connectivity index (χ1) is 8.90. The molecule has 1 aliphatic carbocycles. The Morgan fingerprint density at radius 2 is 2.11 bits per heavy atom. The number of hydrogen-bond donors (Lipinski definition) is 3. The first kappa shape index (κ1) is 13.3. The first-order valence-corrected chi connectivity index (χ1v) is 6.10. The van der Waals surface area contributed by atoms with Gasteiger partial charge in [0, 0.05) is 17.8 Å². The molecule has 0 radical (unpaired) electrons. The molecule has 6 nitrogen and oxygen atoms in total. The molecule has 1 amide bonds. The minimum atomic E-state index is -0.940. The number of carboxylic acids is 1. The Balaban J connectivity index is 1.99. The molecular weight excluding hydrogens is 248 g/mol. The summed E-state index contributed by atoms with van der Waals surface area (Å²) < 4.78 is 0. The molecule has 6 heteroatoms. The third-order valence-electron chi connectivity index (χ3n) is 3.38. The molecular formula is C13H16N2O4. The quantitative estimate of drug-likeness (QED) is 0.729. The zero-order chi connectivity index (χ0) is 14.2. The molecule has 102 valence electrons. The fourth-order valence-electron chi connectivity index (χ4n) is 2.17. The van der Waals surface area contributed by atoms with Crippen molar-refractivity contribution in [3.05, 3.63) is 33.2 Å². The highest BCUT2D eigenvalue weighted by Crippen LogP contribution is 2.38. The topological polar surface area (TPSA) is 99.3 Å². The summed E-state index contributed by atoms with van der Waals surface area (Å²) in [6, 6.07) is 1.83. The monoisotopic (exact) mass is 264 g/mol. The zero-order valence-electron chi connectivity index (χ0n) is 10.8. The van der Waals surface area contributed by atoms with E-state index in [9.17, 15) is 14.4 Å². The SMILES string of the molecule is Cc1cc(C)c(CNC(=O)[C@@H]2C[C@@H]2C(=O)O)c(=O)[nH]1. The lowest BCUT2D eigenvalue weighted by atomic mass is 10.1. The molecule has 0 aliphatic heterocycles. The summed E-state index contributed by atoms with van der Waals surface area (Å²) in [4.78, 5) is 36.8. The molecule has 3 N–H and O–H groups in total. The Morgan fingerprint density at radius 3 is 2.63 bits per heavy atom. The van der Waals surface area contributed by atoms with Gasteiger partial charge in [0.15, 0.2) is 0 Å². The predicted molar refractivity (Wildman–Crippen MR) is 67.6 cm³/mol. The van der Waals surface area contributed by atoms with Crippen molar-refractivity contribution in [1.29, 1.82) is 0 Å². The molecule has 19 heavy (non-hydrogen) atoms. The number of rotatable bonds is 4. The second kappa shape index (κ2) is 4.87. The van der Waals surface area contributed by atoms with E-state index in [-0.39, 0.29) is 18.0 Å². The highest BCUT2D eigenvalue weighted by Gasteiger charge is 2.48. The predicted octanol–water partition coefficient (Wildman–Crippen LogP) is 0.329. The van der Waals surface area contributed by atoms with E-state index in [1.807, 2.05) is 6.07 Å². The van der Waals surface area contributed by atoms with E-state index in [0.29, 0.717) is 12.0 Å². The van der Waals surface area contributed by atoms with Gasteiger partial charge in [-0.1, -0.05) is 0 Å². The second-order valence-corrected chi connectivity index (χ2v) is 4.95. The number of aryl methyl sites for hydroxylation is 2. The Hall–Kier alpha value is -2.11. The van der Waals surface area contributed by atoms with Crippen molar-refractivity contribution < 1.29 is 14.7 Å². The lowest BCUT2D eigenvalue weighted by Gasteiger charge is -2.07. The largest absolute Gasteiger partial charge is 0.481 e. The van der Waals surface area contributed by atoms with Crippen LogP contribution in [-0.4, -0.2) is 22.0 Å². The van der Waals surface area contributed by atoms with Crippen LogP contribution in [0.25, 0.3) is 0 Å². The maximum absolute atomic E-state index is 11.7. The number of aromatic nitrogens is 1. The van der Waals surface area contributed by atoms with Gasteiger partial charge in [-0.3, -0.25) is 14.4 Å². The summed E-state index contributed by atoms with van der Waals surface area (Å²) in [6.45, 7) is 3.72. The highest BCUT2D eigenvalue weighted by molar-refractivity contribution is 5.89. The van der Waals surface area contributed by atoms with E-state index in [4.69, 9.17) is 5.11 Å². The number of aromatic amines is 1. The molecule has 2 rings (SSSR count). The molecule has 0 unspecified atom stereocenters. The van der Waals surface area contributed by atoms with E-state index in [1.165, 1.54) is 0 Å². The van der Waals surface area contributed by atoms with Gasteiger partial charge in [0.25, 0.3) is 5.56 Å². The van der Waals surface area contributed by atoms with Crippen LogP contribution in [0.15, 0.2) is 10.9 Å². The van der Waals surface area contributed by atoms with Gasteiger partial charge in [0.2, 0.25) is 5.91 Å². The van der Waals surface area contributed by atoms with Gasteiger partial charge in [0.05, 0.1) is 11.8 Å². The highest BCUT2D eigenvalue weighted by atomic mass is 16.4. The number of carboxylic acid groups (broad SMARTS) is 1. The number of amides is 1. The average molecular weight is 264 g/mol. The van der Waals surface area contributed by atoms with Crippen LogP contribution in [0.1, 0.15) is 23.2 Å². The molecule has 1 aliphatic rings. The normalized spacial score (nSPS) is 20.9. The smallest absolute Gasteiger partial charge is 0.307 e. The van der Waals surface area contributed by atoms with Crippen molar-refractivity contribution in [2.24, 2.45) is 11.8 Å². The van der Waals surface area contributed by atoms with Crippen LogP contribution in [-0.2, 0) is 16.1 Å². The Morgan fingerprint density at radius 1 is 1.42 bits per heavy atom. The fraction of sp³-hybridized carbons (Fsp3) is 0.462. The molecule has 0 aromatic carbocycles. The van der Waals surface area contributed by atoms with E-state index in [0.717, 1.165) is 11.3 Å². The van der Waals surface area contributed by atoms with Crippen LogP contribution in [0.2, 0.25) is 0 Å². The van der Waals surface area contributed by atoms with Gasteiger partial charge >= 0.3 is 5.97 Å². The Kier molecular flexibility index (Phi) is 3.42. The standard InChI is InChI=1S/C13H16N2O4/c1-6-3-7(2)15-12(17)10(6)5-14-11(16)8-4-9(8)13(18)19/h3,8-9H,4-5H2,1-2H3,(H,14,16)(H,15,17)(H,18,19)/t8-,9+/m1/s1. The molecule has 1 saturated carbocycles. The second-order valence-electron chi connectivity index (χ2n) is 4.95. The number of carbonyl (C=O) groups is 2. The van der Waals surface area contributed by atoms with Crippen molar-refractivity contribution in [2.75, 3.05) is 0 Å². The van der Waals surface area contributed by atoms with E-state index in [1.54, 1.807) is 13.8 Å². The van der Waals surface area contributed by atoms with Crippen LogP contribution in [0.4, 0.5) is 0 Å². The molecule has 1 aromatic heterocycles. The van der Waals surface area contributed by atoms with Crippen LogP contribution in [0.5, 0.6) is 0 Å². The van der Waals surface area contributed by atoms with Gasteiger partial charge in [-0.2, -0.15) is 0 Å². The molecule has 1 fully saturated rings. The van der Waals surface area contributed by atoms with Crippen LogP contribution in [0, 0.1) is 25.7 Å². The lowest BCUT2D eigenvalue weighted by Crippen LogP contribution is -2.29. The molecule has 0 saturated heterocycles. The number of aliphatic carboxylic acids is 1. The van der Waals surface area contributed by atoms with Gasteiger partial charge in [-0.15, -0.1) is 0 Å². The summed E-state index contributed by atoms with van der Waals surface area (Å²) in [5.41, 5.74) is 1.87. The Labute approximate surface area is 109 Å². The number of hydrogen-bond acceptors (Lipinski definition) is 3. The van der Waals surface area contributed by atoms with Gasteiger partial charge in [-0.05, 0) is 31.9 Å². The maximum atomic E-state index is 11.7. The summed E-state index contributed by atoms with van der Waals surface area (Å²) >= 11 is 0. The molecule has 0 spiro atoms. The fourth-order valence-corrected chi connectivity index (χ4v) is 2.17. The first-order valence-electron chi connectivity index (χ1n) is 6.10. The van der Waals surface area contributed by atoms with Crippen LogP contribution >= 0.6 is 0 Å². The zero-order valence-corrected chi connectivity index (χ0v) is 10.8. The summed E-state index contributed by atoms with van der Waals surface area (Å²) in [7, 11) is 0. The third kappa shape index (κ3) is 2.83. The molecule has 1 heterocycles. The molecule has 2 atom stereocenters. The Bertz CT molecular complexity index is 591. The molecule has 1 aromatic rings. The van der Waals surface area contributed by atoms with E-state index >= 15 is 0 Å². The van der Waals surface area contributed by atoms with Gasteiger partial charge in [0.1, 0.15) is 0 Å². The summed E-state index contributed by atoms with van der Waals surface area (Å²) in [5.74, 6) is -2.27. The van der Waals surface area contributed by atoms with Crippen LogP contribution in [0.3, 0.4) is 0 Å². The summed E-state index contributed by atoms with van der Waals surface area (Å²) in [5, 5.41) is 11.4. The molecule has 0 bridgehead atoms. The van der Waals surface area contributed by atoms with E-state index in [2.05, 4.69) is 10.3 Å². The van der Waals surface area contributed by atoms with Crippen molar-refractivity contribution in [3.8, 4) is 0 Å². The third-order valence-corrected chi connectivity index (χ3v) is 3.38. The summed E-state index contributed by atoms with van der Waals surface area (Å²) in [6.07, 6.45) is 0.379. The van der Waals surface area contributed by atoms with Crippen molar-refractivity contribution >= 4 is 11.9 Å². The maximum Gasteiger partial charge on any atom is 0.307 e. The van der Waals surface area contributed by atoms with Gasteiger partial charge < -0.3 is 15.4 Å². The average Bonchev–Trinajstić information content (AvgIpc) is 3.06. The number of carbonyl (C=O) groups excluding carboxylic acids is 1. The number of nitrogens with one attached hydrogen (secondary N) is 2. The number of H-pyrrole nitrogens is 1. The minimum absolute atomic E-state index is 0.128. The van der Waals surface area contributed by atoms with Crippen molar-refractivity contribution in [2.45, 2.75) is 26.8 Å². The van der Waals surface area contributed by atoms with E-state index < -0.39 is 17.8 Å². The van der Waals surface area contributed by atoms with Gasteiger partial charge in [-0.25, -0.2) is 0 Å².